The Morgan fingerprint density at radius 2 is 1.85 bits per heavy atom. The van der Waals surface area contributed by atoms with Gasteiger partial charge in [-0.05, 0) is 52.3 Å². The number of piperazine rings is 1. The van der Waals surface area contributed by atoms with Gasteiger partial charge in [0.05, 0.1) is 17.0 Å². The topological polar surface area (TPSA) is 82.3 Å². The van der Waals surface area contributed by atoms with Gasteiger partial charge in [-0.25, -0.2) is 9.97 Å². The summed E-state index contributed by atoms with van der Waals surface area (Å²) in [7, 11) is 1.97. The molecule has 5 rings (SSSR count). The molecule has 3 heterocycles. The van der Waals surface area contributed by atoms with E-state index in [1.54, 1.807) is 0 Å². The maximum absolute atomic E-state index is 5.86. The van der Waals surface area contributed by atoms with Crippen molar-refractivity contribution in [1.82, 2.24) is 30.7 Å². The molecule has 1 saturated heterocycles. The van der Waals surface area contributed by atoms with Gasteiger partial charge in [-0.2, -0.15) is 0 Å². The maximum Gasteiger partial charge on any atom is 0.162 e. The summed E-state index contributed by atoms with van der Waals surface area (Å²) in [6.45, 7) is 12.3. The van der Waals surface area contributed by atoms with Crippen molar-refractivity contribution in [2.75, 3.05) is 51.2 Å². The Morgan fingerprint density at radius 3 is 2.55 bits per heavy atom. The summed E-state index contributed by atoms with van der Waals surface area (Å²) in [6, 6.07) is 8.52. The summed E-state index contributed by atoms with van der Waals surface area (Å²) in [5.41, 5.74) is 5.97. The Labute approximate surface area is 247 Å². The van der Waals surface area contributed by atoms with E-state index in [1.165, 1.54) is 31.2 Å². The lowest BCUT2D eigenvalue weighted by molar-refractivity contribution is 0.393. The number of rotatable bonds is 9. The zero-order valence-corrected chi connectivity index (χ0v) is 25.8. The molecule has 1 aliphatic heterocycles. The monoisotopic (exact) mass is 579 g/mol. The number of thioether (sulfide) groups is 1. The van der Waals surface area contributed by atoms with Crippen molar-refractivity contribution in [3.8, 4) is 22.6 Å². The molecular weight excluding hydrogens is 539 g/mol. The number of aromatic nitrogens is 3. The van der Waals surface area contributed by atoms with Crippen molar-refractivity contribution >= 4 is 34.1 Å². The molecule has 0 bridgehead atoms. The number of nitrogens with one attached hydrogen (secondary N) is 2. The molecule has 1 aromatic carbocycles. The second kappa shape index (κ2) is 13.4. The number of benzene rings is 1. The van der Waals surface area contributed by atoms with Crippen LogP contribution in [0.4, 0.5) is 5.82 Å². The Kier molecular flexibility index (Phi) is 9.72. The normalized spacial score (nSPS) is 16.2. The molecule has 0 amide bonds. The van der Waals surface area contributed by atoms with Gasteiger partial charge >= 0.3 is 0 Å². The highest BCUT2D eigenvalue weighted by molar-refractivity contribution is 8.23. The maximum atomic E-state index is 5.86. The van der Waals surface area contributed by atoms with Gasteiger partial charge in [-0.15, -0.1) is 0 Å². The van der Waals surface area contributed by atoms with Crippen LogP contribution in [0.25, 0.3) is 22.6 Å². The quantitative estimate of drug-likeness (QED) is 0.263. The number of aryl methyl sites for hydroxylation is 2. The summed E-state index contributed by atoms with van der Waals surface area (Å²) < 4.78 is 6.61. The lowest BCUT2D eigenvalue weighted by Gasteiger charge is -2.37. The van der Waals surface area contributed by atoms with Crippen molar-refractivity contribution in [2.45, 2.75) is 58.2 Å². The van der Waals surface area contributed by atoms with E-state index < -0.39 is 0 Å². The minimum Gasteiger partial charge on any atom is -0.361 e. The predicted octanol–water partition coefficient (Wildman–Crippen LogP) is 5.12. The minimum atomic E-state index is 0.698. The third-order valence-electron chi connectivity index (χ3n) is 7.86. The van der Waals surface area contributed by atoms with Crippen molar-refractivity contribution in [1.29, 1.82) is 0 Å². The van der Waals surface area contributed by atoms with Crippen molar-refractivity contribution in [3.63, 3.8) is 0 Å². The van der Waals surface area contributed by atoms with E-state index in [2.05, 4.69) is 56.8 Å². The highest BCUT2D eigenvalue weighted by Crippen LogP contribution is 2.36. The number of thiocarbonyl (C=S) groups is 1. The Hall–Kier alpha value is -2.53. The van der Waals surface area contributed by atoms with E-state index in [1.807, 2.05) is 32.7 Å². The van der Waals surface area contributed by atoms with Gasteiger partial charge in [-0.1, -0.05) is 60.2 Å². The second-order valence-corrected chi connectivity index (χ2v) is 12.7. The molecule has 214 valence electrons. The van der Waals surface area contributed by atoms with Crippen LogP contribution in [0.5, 0.6) is 0 Å². The fraction of sp³-hybridized carbons (Fsp3) is 0.533. The fourth-order valence-corrected chi connectivity index (χ4v) is 7.37. The van der Waals surface area contributed by atoms with Crippen molar-refractivity contribution in [2.24, 2.45) is 0 Å². The Bertz CT molecular complexity index is 1290. The van der Waals surface area contributed by atoms with Crippen LogP contribution in [0.1, 0.15) is 48.3 Å². The Balaban J connectivity index is 1.42. The molecule has 0 spiro atoms. The lowest BCUT2D eigenvalue weighted by atomic mass is 10.0. The van der Waals surface area contributed by atoms with Gasteiger partial charge in [0.1, 0.15) is 15.9 Å². The molecule has 10 heteroatoms. The van der Waals surface area contributed by atoms with Crippen LogP contribution < -0.4 is 15.5 Å². The molecule has 0 unspecified atom stereocenters. The van der Waals surface area contributed by atoms with E-state index in [-0.39, 0.29) is 0 Å². The van der Waals surface area contributed by atoms with E-state index in [0.717, 1.165) is 95.6 Å². The third kappa shape index (κ3) is 6.67. The molecule has 0 radical (unpaired) electrons. The molecule has 2 aromatic heterocycles. The van der Waals surface area contributed by atoms with Crippen molar-refractivity contribution < 1.29 is 4.52 Å². The van der Waals surface area contributed by atoms with Crippen LogP contribution in [-0.4, -0.2) is 75.9 Å². The first-order valence-corrected chi connectivity index (χ1v) is 15.7. The average Bonchev–Trinajstić information content (AvgIpc) is 3.60. The van der Waals surface area contributed by atoms with Crippen molar-refractivity contribution in [3.05, 3.63) is 46.8 Å². The molecule has 2 aliphatic rings. The Morgan fingerprint density at radius 1 is 1.07 bits per heavy atom. The lowest BCUT2D eigenvalue weighted by Crippen LogP contribution is -2.48. The minimum absolute atomic E-state index is 0.698. The van der Waals surface area contributed by atoms with Crippen LogP contribution in [0.15, 0.2) is 28.8 Å². The first-order chi connectivity index (χ1) is 19.4. The standard InChI is InChI=1S/C30H41N7OS2/c1-20-27(26-21(2)35-38-22(26)3)33-28(24-9-7-8-23(18-24)19-32-13-12-31-4)34-29(20)36-14-16-37(17-15-36)30(39)40-25-10-5-6-11-25/h7-9,18,25,31-32H,5-6,10-17,19H2,1-4H3. The molecule has 8 nitrogen and oxygen atoms in total. The molecule has 0 atom stereocenters. The van der Waals surface area contributed by atoms with E-state index >= 15 is 0 Å². The number of hydrogen-bond acceptors (Lipinski definition) is 9. The molecule has 3 aromatic rings. The van der Waals surface area contributed by atoms with E-state index in [9.17, 15) is 0 Å². The number of anilines is 1. The summed E-state index contributed by atoms with van der Waals surface area (Å²) in [5, 5.41) is 11.6. The molecule has 1 aliphatic carbocycles. The summed E-state index contributed by atoms with van der Waals surface area (Å²) >= 11 is 7.77. The van der Waals surface area contributed by atoms with Crippen LogP contribution >= 0.6 is 24.0 Å². The highest BCUT2D eigenvalue weighted by atomic mass is 32.2. The van der Waals surface area contributed by atoms with Gasteiger partial charge < -0.3 is 25.0 Å². The van der Waals surface area contributed by atoms with Gasteiger partial charge in [0.25, 0.3) is 0 Å². The summed E-state index contributed by atoms with van der Waals surface area (Å²) in [5.74, 6) is 2.48. The van der Waals surface area contributed by atoms with Crippen LogP contribution in [-0.2, 0) is 6.54 Å². The first kappa shape index (κ1) is 29.0. The third-order valence-corrected chi connectivity index (χ3v) is 9.67. The van der Waals surface area contributed by atoms with Crippen LogP contribution in [0, 0.1) is 20.8 Å². The van der Waals surface area contributed by atoms with E-state index in [0.29, 0.717) is 5.25 Å². The van der Waals surface area contributed by atoms with Gasteiger partial charge in [0, 0.05) is 62.2 Å². The second-order valence-electron chi connectivity index (χ2n) is 10.8. The van der Waals surface area contributed by atoms with Crippen LogP contribution in [0.2, 0.25) is 0 Å². The number of nitrogens with zero attached hydrogens (tertiary/aromatic N) is 5. The van der Waals surface area contributed by atoms with E-state index in [4.69, 9.17) is 26.7 Å². The zero-order chi connectivity index (χ0) is 28.1. The smallest absolute Gasteiger partial charge is 0.162 e. The predicted molar refractivity (Wildman–Crippen MR) is 169 cm³/mol. The number of likely N-dealkylation sites (N-methyl/N-ethyl adjacent to an activating group) is 1. The summed E-state index contributed by atoms with van der Waals surface area (Å²) in [6.07, 6.45) is 5.27. The molecule has 1 saturated carbocycles. The van der Waals surface area contributed by atoms with Crippen LogP contribution in [0.3, 0.4) is 0 Å². The molecule has 2 fully saturated rings. The fourth-order valence-electron chi connectivity index (χ4n) is 5.60. The largest absolute Gasteiger partial charge is 0.361 e. The van der Waals surface area contributed by atoms with Gasteiger partial charge in [-0.3, -0.25) is 0 Å². The zero-order valence-electron chi connectivity index (χ0n) is 24.1. The molecule has 2 N–H and O–H groups in total. The first-order valence-electron chi connectivity index (χ1n) is 14.4. The van der Waals surface area contributed by atoms with Gasteiger partial charge in [0.2, 0.25) is 0 Å². The summed E-state index contributed by atoms with van der Waals surface area (Å²) in [4.78, 5) is 15.1. The molecule has 40 heavy (non-hydrogen) atoms. The highest BCUT2D eigenvalue weighted by Gasteiger charge is 2.27. The average molecular weight is 580 g/mol. The van der Waals surface area contributed by atoms with Gasteiger partial charge in [0.15, 0.2) is 5.82 Å². The SMILES string of the molecule is CNCCNCc1cccc(-c2nc(-c3c(C)noc3C)c(C)c(N3CCN(C(=S)SC4CCCC4)CC3)n2)c1. The number of hydrogen-bond donors (Lipinski definition) is 2. The molecular formula is C30H41N7OS2.